The molecule has 3 nitrogen and oxygen atoms in total. The Morgan fingerprint density at radius 1 is 1.53 bits per heavy atom. The van der Waals surface area contributed by atoms with E-state index in [0.29, 0.717) is 12.5 Å². The van der Waals surface area contributed by atoms with Gasteiger partial charge in [-0.05, 0) is 26.2 Å². The van der Waals surface area contributed by atoms with Gasteiger partial charge in [0.25, 0.3) is 0 Å². The third-order valence-electron chi connectivity index (χ3n) is 2.38. The lowest BCUT2D eigenvalue weighted by molar-refractivity contribution is -0.118. The van der Waals surface area contributed by atoms with Crippen LogP contribution in [0.25, 0.3) is 0 Å². The second-order valence-corrected chi connectivity index (χ2v) is 4.09. The number of carbonyl (C=O) groups is 1. The molecule has 88 valence electrons. The lowest BCUT2D eigenvalue weighted by Crippen LogP contribution is -2.38. The molecular formula is C12H24N2O. The van der Waals surface area contributed by atoms with E-state index in [2.05, 4.69) is 18.8 Å². The largest absolute Gasteiger partial charge is 0.370 e. The first-order valence-corrected chi connectivity index (χ1v) is 5.75. The van der Waals surface area contributed by atoms with Gasteiger partial charge in [0.2, 0.25) is 5.91 Å². The van der Waals surface area contributed by atoms with Crippen molar-refractivity contribution in [1.29, 1.82) is 0 Å². The number of nitrogens with two attached hydrogens (primary N) is 1. The first-order valence-electron chi connectivity index (χ1n) is 5.75. The Morgan fingerprint density at radius 3 is 2.67 bits per heavy atom. The molecule has 0 aliphatic heterocycles. The zero-order chi connectivity index (χ0) is 11.7. The van der Waals surface area contributed by atoms with Gasteiger partial charge in [-0.2, -0.15) is 0 Å². The summed E-state index contributed by atoms with van der Waals surface area (Å²) in [7, 11) is 0. The van der Waals surface area contributed by atoms with Gasteiger partial charge >= 0.3 is 0 Å². The van der Waals surface area contributed by atoms with Gasteiger partial charge in [0.1, 0.15) is 0 Å². The molecule has 2 atom stereocenters. The van der Waals surface area contributed by atoms with Crippen LogP contribution in [0, 0.1) is 0 Å². The summed E-state index contributed by atoms with van der Waals surface area (Å²) in [6, 6.07) is 0.645. The van der Waals surface area contributed by atoms with E-state index >= 15 is 0 Å². The summed E-state index contributed by atoms with van der Waals surface area (Å²) in [5, 5.41) is 3.44. The summed E-state index contributed by atoms with van der Waals surface area (Å²) in [5.74, 6) is -0.242. The van der Waals surface area contributed by atoms with Gasteiger partial charge in [-0.1, -0.05) is 19.4 Å². The summed E-state index contributed by atoms with van der Waals surface area (Å²) >= 11 is 0. The van der Waals surface area contributed by atoms with Gasteiger partial charge in [-0.15, -0.1) is 6.58 Å². The Morgan fingerprint density at radius 2 is 2.20 bits per heavy atom. The van der Waals surface area contributed by atoms with Crippen molar-refractivity contribution in [2.75, 3.05) is 0 Å². The fourth-order valence-electron chi connectivity index (χ4n) is 1.74. The molecule has 0 aromatic carbocycles. The third-order valence-corrected chi connectivity index (χ3v) is 2.38. The van der Waals surface area contributed by atoms with E-state index < -0.39 is 0 Å². The van der Waals surface area contributed by atoms with Crippen LogP contribution in [0.2, 0.25) is 0 Å². The highest BCUT2D eigenvalue weighted by molar-refractivity contribution is 5.74. The van der Waals surface area contributed by atoms with Crippen LogP contribution >= 0.6 is 0 Å². The number of hydrogen-bond acceptors (Lipinski definition) is 2. The first-order chi connectivity index (χ1) is 7.10. The molecule has 0 spiro atoms. The highest BCUT2D eigenvalue weighted by atomic mass is 16.1. The Bertz CT molecular complexity index is 192. The molecule has 0 aliphatic rings. The molecule has 0 heterocycles. The molecule has 15 heavy (non-hydrogen) atoms. The molecule has 0 saturated carbocycles. The van der Waals surface area contributed by atoms with Crippen molar-refractivity contribution in [2.45, 2.75) is 58.0 Å². The van der Waals surface area contributed by atoms with Crippen LogP contribution in [0.15, 0.2) is 12.7 Å². The summed E-state index contributed by atoms with van der Waals surface area (Å²) < 4.78 is 0. The third kappa shape index (κ3) is 8.18. The van der Waals surface area contributed by atoms with E-state index in [1.54, 1.807) is 0 Å². The molecule has 1 amide bonds. The number of amides is 1. The van der Waals surface area contributed by atoms with Crippen molar-refractivity contribution >= 4 is 5.91 Å². The second-order valence-electron chi connectivity index (χ2n) is 4.09. The maximum atomic E-state index is 10.7. The zero-order valence-electron chi connectivity index (χ0n) is 9.96. The van der Waals surface area contributed by atoms with Gasteiger partial charge < -0.3 is 11.1 Å². The monoisotopic (exact) mass is 212 g/mol. The highest BCUT2D eigenvalue weighted by Crippen LogP contribution is 2.07. The quantitative estimate of drug-likeness (QED) is 0.574. The van der Waals surface area contributed by atoms with Crippen LogP contribution < -0.4 is 11.1 Å². The van der Waals surface area contributed by atoms with E-state index in [4.69, 9.17) is 5.73 Å². The number of rotatable bonds is 9. The first kappa shape index (κ1) is 14.2. The summed E-state index contributed by atoms with van der Waals surface area (Å²) in [6.45, 7) is 7.89. The lowest BCUT2D eigenvalue weighted by Gasteiger charge is -2.21. The van der Waals surface area contributed by atoms with Crippen molar-refractivity contribution in [3.05, 3.63) is 12.7 Å². The molecule has 0 rings (SSSR count). The molecule has 3 N–H and O–H groups in total. The second kappa shape index (κ2) is 8.48. The molecule has 0 bridgehead atoms. The van der Waals surface area contributed by atoms with Crippen LogP contribution in [-0.4, -0.2) is 18.0 Å². The van der Waals surface area contributed by atoms with Gasteiger partial charge in [0, 0.05) is 18.5 Å². The minimum atomic E-state index is -0.242. The molecule has 0 fully saturated rings. The van der Waals surface area contributed by atoms with Crippen molar-refractivity contribution in [3.63, 3.8) is 0 Å². The molecule has 0 aliphatic carbocycles. The highest BCUT2D eigenvalue weighted by Gasteiger charge is 2.12. The lowest BCUT2D eigenvalue weighted by atomic mass is 10.0. The van der Waals surface area contributed by atoms with Gasteiger partial charge in [0.15, 0.2) is 0 Å². The van der Waals surface area contributed by atoms with E-state index in [0.717, 1.165) is 25.7 Å². The predicted molar refractivity (Wildman–Crippen MR) is 64.5 cm³/mol. The van der Waals surface area contributed by atoms with E-state index in [1.807, 2.05) is 13.0 Å². The van der Waals surface area contributed by atoms with Crippen molar-refractivity contribution < 1.29 is 4.79 Å². The van der Waals surface area contributed by atoms with E-state index in [9.17, 15) is 4.79 Å². The summed E-state index contributed by atoms with van der Waals surface area (Å²) in [4.78, 5) is 10.7. The standard InChI is InChI=1S/C12H24N2O/c1-4-6-8-11(7-5-2)14-10(3)9-12(13)15/h4,10-11,14H,1,5-9H2,2-3H3,(H2,13,15). The number of hydrogen-bond donors (Lipinski definition) is 2. The molecule has 2 unspecified atom stereocenters. The Kier molecular flexibility index (Phi) is 8.01. The maximum Gasteiger partial charge on any atom is 0.218 e. The summed E-state index contributed by atoms with van der Waals surface area (Å²) in [5.41, 5.74) is 5.15. The van der Waals surface area contributed by atoms with Crippen molar-refractivity contribution in [2.24, 2.45) is 5.73 Å². The SMILES string of the molecule is C=CCCC(CCC)NC(C)CC(N)=O. The van der Waals surface area contributed by atoms with Crippen molar-refractivity contribution in [1.82, 2.24) is 5.32 Å². The normalized spacial score (nSPS) is 14.5. The topological polar surface area (TPSA) is 55.1 Å². The fraction of sp³-hybridized carbons (Fsp3) is 0.750. The molecule has 0 radical (unpaired) electrons. The minimum Gasteiger partial charge on any atom is -0.370 e. The fourth-order valence-corrected chi connectivity index (χ4v) is 1.74. The Hall–Kier alpha value is -0.830. The summed E-state index contributed by atoms with van der Waals surface area (Å²) in [6.07, 6.45) is 6.73. The minimum absolute atomic E-state index is 0.170. The molecule has 0 aromatic rings. The molecule has 3 heteroatoms. The number of carbonyl (C=O) groups excluding carboxylic acids is 1. The van der Waals surface area contributed by atoms with E-state index in [1.165, 1.54) is 0 Å². The average molecular weight is 212 g/mol. The zero-order valence-corrected chi connectivity index (χ0v) is 9.96. The molecule has 0 saturated heterocycles. The van der Waals surface area contributed by atoms with Gasteiger partial charge in [0.05, 0.1) is 0 Å². The maximum absolute atomic E-state index is 10.7. The van der Waals surface area contributed by atoms with Crippen LogP contribution in [0.5, 0.6) is 0 Å². The Balaban J connectivity index is 3.90. The molecule has 0 aromatic heterocycles. The average Bonchev–Trinajstić information content (AvgIpc) is 2.13. The Labute approximate surface area is 93.1 Å². The number of primary amides is 1. The van der Waals surface area contributed by atoms with Crippen LogP contribution in [0.1, 0.15) is 46.0 Å². The van der Waals surface area contributed by atoms with Crippen LogP contribution in [-0.2, 0) is 4.79 Å². The van der Waals surface area contributed by atoms with Gasteiger partial charge in [-0.25, -0.2) is 0 Å². The smallest absolute Gasteiger partial charge is 0.218 e. The van der Waals surface area contributed by atoms with Gasteiger partial charge in [-0.3, -0.25) is 4.79 Å². The predicted octanol–water partition coefficient (Wildman–Crippen LogP) is 1.97. The molecular weight excluding hydrogens is 188 g/mol. The van der Waals surface area contributed by atoms with Crippen molar-refractivity contribution in [3.8, 4) is 0 Å². The van der Waals surface area contributed by atoms with Crippen LogP contribution in [0.3, 0.4) is 0 Å². The van der Waals surface area contributed by atoms with Crippen LogP contribution in [0.4, 0.5) is 0 Å². The van der Waals surface area contributed by atoms with E-state index in [-0.39, 0.29) is 11.9 Å². The number of allylic oxidation sites excluding steroid dienone is 1. The number of nitrogens with one attached hydrogen (secondary N) is 1.